The zero-order valence-electron chi connectivity index (χ0n) is 20.5. The maximum absolute atomic E-state index is 12.4. The van der Waals surface area contributed by atoms with Crippen LogP contribution in [-0.2, 0) is 13.5 Å². The number of carbonyl (C=O) groups excluding carboxylic acids is 1. The second-order valence-electron chi connectivity index (χ2n) is 9.57. The number of Topliss-reactive ketones (excluding diaryl/α,β-unsaturated/α-hetero) is 1. The fraction of sp³-hybridized carbons (Fsp3) is 0.480. The molecule has 4 heterocycles. The molecule has 0 spiro atoms. The van der Waals surface area contributed by atoms with Gasteiger partial charge in [0.05, 0.1) is 29.0 Å². The minimum atomic E-state index is -0.164. The van der Waals surface area contributed by atoms with Crippen LogP contribution < -0.4 is 15.5 Å². The normalized spacial score (nSPS) is 17.5. The van der Waals surface area contributed by atoms with Gasteiger partial charge in [-0.3, -0.25) is 9.48 Å². The molecule has 1 fully saturated rings. The molecule has 1 aliphatic carbocycles. The molecular formula is C25H32N8O. The average molecular weight is 461 g/mol. The molecule has 1 aliphatic heterocycles. The van der Waals surface area contributed by atoms with Crippen LogP contribution in [0.2, 0.25) is 0 Å². The summed E-state index contributed by atoms with van der Waals surface area (Å²) in [5.41, 5.74) is 6.13. The van der Waals surface area contributed by atoms with Crippen molar-refractivity contribution in [2.24, 2.45) is 7.05 Å². The van der Waals surface area contributed by atoms with Crippen LogP contribution in [-0.4, -0.2) is 56.7 Å². The Balaban J connectivity index is 1.56. The number of rotatable bonds is 5. The molecule has 9 nitrogen and oxygen atoms in total. The quantitative estimate of drug-likeness (QED) is 0.559. The highest BCUT2D eigenvalue weighted by Crippen LogP contribution is 2.44. The lowest BCUT2D eigenvalue weighted by molar-refractivity contribution is 0.100. The van der Waals surface area contributed by atoms with Crippen LogP contribution in [0.25, 0.3) is 11.3 Å². The van der Waals surface area contributed by atoms with Gasteiger partial charge in [-0.1, -0.05) is 20.8 Å². The number of aromatic nitrogens is 5. The van der Waals surface area contributed by atoms with Crippen molar-refractivity contribution in [2.75, 3.05) is 36.4 Å². The minimum Gasteiger partial charge on any atom is -0.368 e. The lowest BCUT2D eigenvalue weighted by atomic mass is 9.84. The topological polar surface area (TPSA) is 101 Å². The zero-order valence-corrected chi connectivity index (χ0v) is 20.5. The molecule has 2 N–H and O–H groups in total. The summed E-state index contributed by atoms with van der Waals surface area (Å²) < 4.78 is 1.96. The Labute approximate surface area is 200 Å². The van der Waals surface area contributed by atoms with E-state index in [1.807, 2.05) is 24.0 Å². The van der Waals surface area contributed by atoms with Crippen LogP contribution in [0.3, 0.4) is 0 Å². The lowest BCUT2D eigenvalue weighted by Gasteiger charge is -2.29. The predicted molar refractivity (Wildman–Crippen MR) is 133 cm³/mol. The van der Waals surface area contributed by atoms with Gasteiger partial charge in [0, 0.05) is 57.2 Å². The summed E-state index contributed by atoms with van der Waals surface area (Å²) in [6.45, 7) is 11.9. The molecule has 1 atom stereocenters. The van der Waals surface area contributed by atoms with Crippen molar-refractivity contribution in [3.63, 3.8) is 0 Å². The molecule has 9 heteroatoms. The van der Waals surface area contributed by atoms with Crippen molar-refractivity contribution in [3.8, 4) is 11.3 Å². The Hall–Kier alpha value is -3.33. The molecule has 0 aromatic carbocycles. The molecule has 34 heavy (non-hydrogen) atoms. The first-order valence-corrected chi connectivity index (χ1v) is 12.0. The van der Waals surface area contributed by atoms with Gasteiger partial charge in [-0.15, -0.1) is 0 Å². The van der Waals surface area contributed by atoms with E-state index in [1.54, 1.807) is 0 Å². The van der Waals surface area contributed by atoms with Crippen molar-refractivity contribution in [1.82, 2.24) is 30.0 Å². The van der Waals surface area contributed by atoms with E-state index >= 15 is 0 Å². The second kappa shape index (κ2) is 8.79. The average Bonchev–Trinajstić information content (AvgIpc) is 3.18. The number of hydrogen-bond acceptors (Lipinski definition) is 8. The molecule has 0 bridgehead atoms. The molecule has 1 unspecified atom stereocenters. The molecule has 2 aliphatic rings. The number of nitrogens with zero attached hydrogens (tertiary/aromatic N) is 6. The summed E-state index contributed by atoms with van der Waals surface area (Å²) >= 11 is 0. The number of hydrogen-bond donors (Lipinski definition) is 2. The van der Waals surface area contributed by atoms with Gasteiger partial charge >= 0.3 is 0 Å². The Kier molecular flexibility index (Phi) is 5.81. The smallest absolute Gasteiger partial charge is 0.198 e. The predicted octanol–water partition coefficient (Wildman–Crippen LogP) is 3.41. The van der Waals surface area contributed by atoms with Crippen molar-refractivity contribution < 1.29 is 4.79 Å². The van der Waals surface area contributed by atoms with Crippen LogP contribution in [0.15, 0.2) is 18.3 Å². The number of carbonyl (C=O) groups is 1. The van der Waals surface area contributed by atoms with Gasteiger partial charge in [0.25, 0.3) is 0 Å². The Morgan fingerprint density at radius 1 is 1.21 bits per heavy atom. The highest BCUT2D eigenvalue weighted by molar-refractivity contribution is 5.92. The number of pyridine rings is 1. The summed E-state index contributed by atoms with van der Waals surface area (Å²) in [7, 11) is 1.98. The van der Waals surface area contributed by atoms with E-state index in [-0.39, 0.29) is 23.4 Å². The van der Waals surface area contributed by atoms with E-state index < -0.39 is 0 Å². The summed E-state index contributed by atoms with van der Waals surface area (Å²) in [4.78, 5) is 28.7. The number of anilines is 3. The monoisotopic (exact) mass is 460 g/mol. The van der Waals surface area contributed by atoms with Crippen molar-refractivity contribution in [2.45, 2.75) is 46.0 Å². The van der Waals surface area contributed by atoms with Gasteiger partial charge in [-0.05, 0) is 24.5 Å². The number of piperazine rings is 1. The minimum absolute atomic E-state index is 0.164. The van der Waals surface area contributed by atoms with E-state index in [0.29, 0.717) is 11.6 Å². The summed E-state index contributed by atoms with van der Waals surface area (Å²) in [6, 6.07) is 4.06. The van der Waals surface area contributed by atoms with Crippen molar-refractivity contribution in [1.29, 1.82) is 0 Å². The van der Waals surface area contributed by atoms with Crippen LogP contribution in [0, 0.1) is 0 Å². The van der Waals surface area contributed by atoms with Gasteiger partial charge in [0.1, 0.15) is 11.6 Å². The molecule has 0 saturated carbocycles. The molecule has 0 radical (unpaired) electrons. The van der Waals surface area contributed by atoms with Gasteiger partial charge in [0.2, 0.25) is 0 Å². The summed E-state index contributed by atoms with van der Waals surface area (Å²) in [5, 5.41) is 11.6. The highest BCUT2D eigenvalue weighted by atomic mass is 16.1. The van der Waals surface area contributed by atoms with E-state index in [1.165, 1.54) is 6.92 Å². The van der Waals surface area contributed by atoms with Crippen LogP contribution in [0.1, 0.15) is 67.1 Å². The van der Waals surface area contributed by atoms with E-state index in [9.17, 15) is 4.79 Å². The highest BCUT2D eigenvalue weighted by Gasteiger charge is 2.33. The molecule has 5 rings (SSSR count). The summed E-state index contributed by atoms with van der Waals surface area (Å²) in [6.07, 6.45) is 2.64. The third-order valence-electron chi connectivity index (χ3n) is 6.68. The fourth-order valence-corrected chi connectivity index (χ4v) is 5.05. The zero-order chi connectivity index (χ0) is 24.0. The number of fused-ring (bicyclic) bond motifs is 3. The van der Waals surface area contributed by atoms with E-state index in [4.69, 9.17) is 10.1 Å². The standard InChI is InChI=1S/C25H32N8O/c1-14(2)23-20-21(31-32(23)5)15(3)12-18-22(20)29-24(16(4)34)30-25(18)28-19-7-6-17(13-27-19)33-10-8-26-9-11-33/h6-7,13-15,26H,8-12H2,1-5H3,(H,27,28,29,30). The Bertz CT molecular complexity index is 1220. The van der Waals surface area contributed by atoms with E-state index in [2.05, 4.69) is 52.3 Å². The lowest BCUT2D eigenvalue weighted by Crippen LogP contribution is -2.43. The SMILES string of the molecule is CC(=O)c1nc(Nc2ccc(N3CCNCC3)cn2)c2c(n1)-c1c(nn(C)c1C(C)C)C(C)C2. The largest absolute Gasteiger partial charge is 0.368 e. The second-order valence-corrected chi connectivity index (χ2v) is 9.57. The third kappa shape index (κ3) is 3.94. The molecule has 1 saturated heterocycles. The Morgan fingerprint density at radius 3 is 2.62 bits per heavy atom. The van der Waals surface area contributed by atoms with Gasteiger partial charge in [-0.2, -0.15) is 5.10 Å². The first kappa shape index (κ1) is 22.5. The number of aryl methyl sites for hydroxylation is 1. The Morgan fingerprint density at radius 2 is 1.97 bits per heavy atom. The van der Waals surface area contributed by atoms with Crippen LogP contribution in [0.5, 0.6) is 0 Å². The summed E-state index contributed by atoms with van der Waals surface area (Å²) in [5.74, 6) is 1.87. The van der Waals surface area contributed by atoms with Gasteiger partial charge < -0.3 is 15.5 Å². The molecule has 0 amide bonds. The van der Waals surface area contributed by atoms with Crippen LogP contribution in [0.4, 0.5) is 17.3 Å². The van der Waals surface area contributed by atoms with Gasteiger partial charge in [0.15, 0.2) is 11.6 Å². The van der Waals surface area contributed by atoms with E-state index in [0.717, 1.165) is 66.5 Å². The fourth-order valence-electron chi connectivity index (χ4n) is 5.05. The van der Waals surface area contributed by atoms with Crippen molar-refractivity contribution in [3.05, 3.63) is 41.1 Å². The molecule has 178 valence electrons. The first-order valence-electron chi connectivity index (χ1n) is 12.0. The maximum atomic E-state index is 12.4. The number of ketones is 1. The maximum Gasteiger partial charge on any atom is 0.198 e. The first-order chi connectivity index (χ1) is 16.3. The van der Waals surface area contributed by atoms with Gasteiger partial charge in [-0.25, -0.2) is 15.0 Å². The molecular weight excluding hydrogens is 428 g/mol. The number of nitrogens with one attached hydrogen (secondary N) is 2. The van der Waals surface area contributed by atoms with Crippen molar-refractivity contribution >= 4 is 23.1 Å². The molecule has 3 aromatic rings. The van der Waals surface area contributed by atoms with Crippen LogP contribution >= 0.6 is 0 Å². The molecule has 3 aromatic heterocycles. The third-order valence-corrected chi connectivity index (χ3v) is 6.68.